The highest BCUT2D eigenvalue weighted by Gasteiger charge is 2.43. The lowest BCUT2D eigenvalue weighted by atomic mass is 9.99. The number of nitrogens with one attached hydrogen (secondary N) is 1. The summed E-state index contributed by atoms with van der Waals surface area (Å²) in [7, 11) is 4.92. The predicted octanol–water partition coefficient (Wildman–Crippen LogP) is 4.87. The number of methoxy groups -OCH3 is 2. The van der Waals surface area contributed by atoms with Gasteiger partial charge >= 0.3 is 0 Å². The van der Waals surface area contributed by atoms with Gasteiger partial charge < -0.3 is 24.3 Å². The molecule has 2 aliphatic heterocycles. The molecule has 1 unspecified atom stereocenters. The standard InChI is InChI=1S/C37H42N6O5/c1-25(26-10-6-5-7-11-26)41-18-20-42(21-19-41)31-13-8-12-28-34(31)37(46)43(36(28)45)30(27-15-16-32(47-3)33(22-27)48-4)14-9-17-38-35(44)29-23-40(2)24-39-29/h5-8,10-13,15-16,22-25,30H,9,14,17-21H2,1-4H3,(H,38,44)/t25?,30-/m1/s1. The van der Waals surface area contributed by atoms with Crippen LogP contribution in [0.25, 0.3) is 0 Å². The number of benzene rings is 3. The van der Waals surface area contributed by atoms with Gasteiger partial charge in [-0.2, -0.15) is 0 Å². The zero-order valence-electron chi connectivity index (χ0n) is 27.9. The Bertz CT molecular complexity index is 1780. The quantitative estimate of drug-likeness (QED) is 0.171. The predicted molar refractivity (Wildman–Crippen MR) is 183 cm³/mol. The molecule has 0 radical (unpaired) electrons. The summed E-state index contributed by atoms with van der Waals surface area (Å²) in [5.41, 5.74) is 3.99. The number of ether oxygens (including phenoxy) is 2. The average Bonchev–Trinajstić information content (AvgIpc) is 3.68. The number of nitrogens with zero attached hydrogens (tertiary/aromatic N) is 5. The topological polar surface area (TPSA) is 109 Å². The van der Waals surface area contributed by atoms with E-state index in [1.807, 2.05) is 30.3 Å². The molecular formula is C37H42N6O5. The molecule has 1 saturated heterocycles. The number of imide groups is 1. The van der Waals surface area contributed by atoms with Gasteiger partial charge in [0, 0.05) is 52.0 Å². The van der Waals surface area contributed by atoms with E-state index in [1.165, 1.54) is 10.5 Å². The minimum absolute atomic E-state index is 0.276. The van der Waals surface area contributed by atoms with Crippen molar-refractivity contribution in [3.63, 3.8) is 0 Å². The number of hydrogen-bond donors (Lipinski definition) is 1. The van der Waals surface area contributed by atoms with Gasteiger partial charge in [0.25, 0.3) is 17.7 Å². The van der Waals surface area contributed by atoms with Gasteiger partial charge in [0.1, 0.15) is 5.69 Å². The largest absolute Gasteiger partial charge is 0.493 e. The molecule has 3 aromatic carbocycles. The maximum absolute atomic E-state index is 14.4. The van der Waals surface area contributed by atoms with Crippen LogP contribution >= 0.6 is 0 Å². The normalized spacial score (nSPS) is 16.1. The number of hydrogen-bond acceptors (Lipinski definition) is 8. The van der Waals surface area contributed by atoms with Crippen molar-refractivity contribution in [2.75, 3.05) is 51.8 Å². The summed E-state index contributed by atoms with van der Waals surface area (Å²) in [6.07, 6.45) is 4.17. The third kappa shape index (κ3) is 6.50. The number of amides is 3. The first-order valence-electron chi connectivity index (χ1n) is 16.3. The number of aryl methyl sites for hydroxylation is 1. The van der Waals surface area contributed by atoms with E-state index >= 15 is 0 Å². The number of fused-ring (bicyclic) bond motifs is 1. The van der Waals surface area contributed by atoms with Crippen molar-refractivity contribution in [1.82, 2.24) is 24.7 Å². The van der Waals surface area contributed by atoms with E-state index in [1.54, 1.807) is 50.5 Å². The molecule has 0 spiro atoms. The fourth-order valence-corrected chi connectivity index (χ4v) is 6.75. The molecule has 1 aromatic heterocycles. The van der Waals surface area contributed by atoms with Crippen LogP contribution < -0.4 is 19.7 Å². The molecule has 0 aliphatic carbocycles. The number of aromatic nitrogens is 2. The van der Waals surface area contributed by atoms with Crippen LogP contribution in [0.2, 0.25) is 0 Å². The third-order valence-corrected chi connectivity index (χ3v) is 9.39. The molecule has 48 heavy (non-hydrogen) atoms. The van der Waals surface area contributed by atoms with Crippen molar-refractivity contribution in [2.24, 2.45) is 7.05 Å². The van der Waals surface area contributed by atoms with Crippen molar-refractivity contribution in [1.29, 1.82) is 0 Å². The van der Waals surface area contributed by atoms with E-state index in [2.05, 4.69) is 51.3 Å². The van der Waals surface area contributed by atoms with Crippen LogP contribution in [0, 0.1) is 0 Å². The lowest BCUT2D eigenvalue weighted by Gasteiger charge is -2.39. The summed E-state index contributed by atoms with van der Waals surface area (Å²) in [6, 6.07) is 21.2. The van der Waals surface area contributed by atoms with Crippen molar-refractivity contribution < 1.29 is 23.9 Å². The molecule has 4 aromatic rings. The first-order valence-corrected chi connectivity index (χ1v) is 16.3. The smallest absolute Gasteiger partial charge is 0.271 e. The molecule has 1 fully saturated rings. The van der Waals surface area contributed by atoms with Gasteiger partial charge in [0.15, 0.2) is 11.5 Å². The first-order chi connectivity index (χ1) is 23.3. The van der Waals surface area contributed by atoms with Gasteiger partial charge in [-0.1, -0.05) is 42.5 Å². The Labute approximate surface area is 281 Å². The number of piperazine rings is 1. The summed E-state index contributed by atoms with van der Waals surface area (Å²) < 4.78 is 12.7. The van der Waals surface area contributed by atoms with Crippen LogP contribution in [0.15, 0.2) is 79.3 Å². The first kappa shape index (κ1) is 32.8. The maximum Gasteiger partial charge on any atom is 0.271 e. The lowest BCUT2D eigenvalue weighted by Crippen LogP contribution is -2.47. The summed E-state index contributed by atoms with van der Waals surface area (Å²) in [5.74, 6) is 0.131. The van der Waals surface area contributed by atoms with Crippen LogP contribution in [-0.4, -0.2) is 84.0 Å². The van der Waals surface area contributed by atoms with Crippen LogP contribution in [0.1, 0.15) is 74.2 Å². The van der Waals surface area contributed by atoms with Crippen molar-refractivity contribution in [2.45, 2.75) is 31.8 Å². The molecule has 3 heterocycles. The summed E-state index contributed by atoms with van der Waals surface area (Å²) >= 11 is 0. The molecule has 2 atom stereocenters. The van der Waals surface area contributed by atoms with Gasteiger partial charge in [-0.25, -0.2) is 4.98 Å². The molecule has 0 saturated carbocycles. The minimum atomic E-state index is -0.597. The Hall–Kier alpha value is -5.16. The van der Waals surface area contributed by atoms with Gasteiger partial charge in [-0.05, 0) is 55.2 Å². The van der Waals surface area contributed by atoms with Gasteiger partial charge in [-0.3, -0.25) is 24.2 Å². The van der Waals surface area contributed by atoms with E-state index in [4.69, 9.17) is 9.47 Å². The fourth-order valence-electron chi connectivity index (χ4n) is 6.75. The molecule has 2 aliphatic rings. The molecule has 0 bridgehead atoms. The zero-order chi connectivity index (χ0) is 33.8. The van der Waals surface area contributed by atoms with Gasteiger partial charge in [0.05, 0.1) is 43.4 Å². The molecule has 11 nitrogen and oxygen atoms in total. The summed E-state index contributed by atoms with van der Waals surface area (Å²) in [6.45, 7) is 5.73. The number of carbonyl (C=O) groups excluding carboxylic acids is 3. The van der Waals surface area contributed by atoms with Crippen LogP contribution in [0.4, 0.5) is 5.69 Å². The second-order valence-electron chi connectivity index (χ2n) is 12.2. The highest BCUT2D eigenvalue weighted by Crippen LogP contribution is 2.40. The van der Waals surface area contributed by atoms with Crippen molar-refractivity contribution in [3.8, 4) is 11.5 Å². The van der Waals surface area contributed by atoms with Crippen molar-refractivity contribution >= 4 is 23.4 Å². The Morgan fingerprint density at radius 3 is 2.33 bits per heavy atom. The maximum atomic E-state index is 14.4. The summed E-state index contributed by atoms with van der Waals surface area (Å²) in [4.78, 5) is 51.3. The second-order valence-corrected chi connectivity index (χ2v) is 12.2. The minimum Gasteiger partial charge on any atom is -0.493 e. The third-order valence-electron chi connectivity index (χ3n) is 9.39. The number of anilines is 1. The molecule has 6 rings (SSSR count). The second kappa shape index (κ2) is 14.3. The van der Waals surface area contributed by atoms with Crippen LogP contribution in [0.3, 0.4) is 0 Å². The Balaban J connectivity index is 1.22. The molecule has 3 amide bonds. The monoisotopic (exact) mass is 650 g/mol. The van der Waals surface area contributed by atoms with E-state index in [0.29, 0.717) is 47.7 Å². The highest BCUT2D eigenvalue weighted by atomic mass is 16.5. The van der Waals surface area contributed by atoms with Crippen LogP contribution in [-0.2, 0) is 7.05 Å². The number of carbonyl (C=O) groups is 3. The summed E-state index contributed by atoms with van der Waals surface area (Å²) in [5, 5.41) is 2.91. The van der Waals surface area contributed by atoms with E-state index < -0.39 is 6.04 Å². The molecule has 11 heteroatoms. The van der Waals surface area contributed by atoms with Gasteiger partial charge in [0.2, 0.25) is 0 Å². The number of imidazole rings is 1. The molecule has 1 N–H and O–H groups in total. The lowest BCUT2D eigenvalue weighted by molar-refractivity contribution is 0.0570. The molecular weight excluding hydrogens is 608 g/mol. The Kier molecular flexibility index (Phi) is 9.77. The number of rotatable bonds is 12. The molecule has 250 valence electrons. The Morgan fingerprint density at radius 1 is 0.896 bits per heavy atom. The highest BCUT2D eigenvalue weighted by molar-refractivity contribution is 6.24. The van der Waals surface area contributed by atoms with E-state index in [0.717, 1.165) is 37.4 Å². The van der Waals surface area contributed by atoms with Crippen LogP contribution in [0.5, 0.6) is 11.5 Å². The van der Waals surface area contributed by atoms with Crippen molar-refractivity contribution in [3.05, 3.63) is 107 Å². The fraction of sp³-hybridized carbons (Fsp3) is 0.351. The SMILES string of the molecule is COc1ccc([C@@H](CCCNC(=O)c2cn(C)cn2)N2C(=O)c3cccc(N4CCN(C(C)c5ccccc5)CC4)c3C2=O)cc1OC. The zero-order valence-corrected chi connectivity index (χ0v) is 27.9. The van der Waals surface area contributed by atoms with Gasteiger partial charge in [-0.15, -0.1) is 0 Å². The van der Waals surface area contributed by atoms with E-state index in [-0.39, 0.29) is 23.8 Å². The average molecular weight is 651 g/mol. The van der Waals surface area contributed by atoms with E-state index in [9.17, 15) is 14.4 Å². The Morgan fingerprint density at radius 2 is 1.65 bits per heavy atom.